The fraction of sp³-hybridized carbons (Fsp3) is 0.316. The molecule has 0 aliphatic rings. The van der Waals surface area contributed by atoms with Gasteiger partial charge in [0.1, 0.15) is 0 Å². The van der Waals surface area contributed by atoms with Crippen LogP contribution in [0.4, 0.5) is 0 Å². The Kier molecular flexibility index (Phi) is 7.21. The molecular weight excluding hydrogens is 324 g/mol. The summed E-state index contributed by atoms with van der Waals surface area (Å²) in [5, 5.41) is 10.6. The molecule has 0 aliphatic heterocycles. The third-order valence-corrected chi connectivity index (χ3v) is 6.20. The van der Waals surface area contributed by atoms with E-state index in [9.17, 15) is 9.90 Å². The van der Waals surface area contributed by atoms with Crippen molar-refractivity contribution >= 4 is 28.6 Å². The number of benzene rings is 2. The summed E-state index contributed by atoms with van der Waals surface area (Å²) in [6.07, 6.45) is 0.155. The number of thioether (sulfide) groups is 2. The van der Waals surface area contributed by atoms with E-state index < -0.39 is 12.0 Å². The van der Waals surface area contributed by atoms with Gasteiger partial charge in [-0.25, -0.2) is 0 Å². The molecule has 0 radical (unpaired) electrons. The highest BCUT2D eigenvalue weighted by molar-refractivity contribution is 8.13. The van der Waals surface area contributed by atoms with Crippen LogP contribution in [0.5, 0.6) is 0 Å². The van der Waals surface area contributed by atoms with E-state index in [1.807, 2.05) is 74.5 Å². The Labute approximate surface area is 146 Å². The number of aliphatic hydroxyl groups is 1. The summed E-state index contributed by atoms with van der Waals surface area (Å²) in [4.78, 5) is 14.5. The zero-order chi connectivity index (χ0) is 16.7. The summed E-state index contributed by atoms with van der Waals surface area (Å²) in [5.41, 5.74) is 0. The van der Waals surface area contributed by atoms with Gasteiger partial charge in [0.15, 0.2) is 5.12 Å². The Morgan fingerprint density at radius 2 is 1.52 bits per heavy atom. The standard InChI is InChI=1S/C19H22O2S2/c1-3-17(22-15-10-6-4-7-11-15)18(20)14(2)19(21)23-16-12-8-5-9-13-16/h4-14,17-18,20H,3H2,1-2H3/t14-,17+,18-/m0/s1. The van der Waals surface area contributed by atoms with Crippen LogP contribution in [0, 0.1) is 5.92 Å². The van der Waals surface area contributed by atoms with Crippen molar-refractivity contribution in [1.82, 2.24) is 0 Å². The van der Waals surface area contributed by atoms with E-state index in [4.69, 9.17) is 0 Å². The van der Waals surface area contributed by atoms with Gasteiger partial charge in [0.2, 0.25) is 0 Å². The minimum atomic E-state index is -0.658. The van der Waals surface area contributed by atoms with Crippen LogP contribution in [0.25, 0.3) is 0 Å². The van der Waals surface area contributed by atoms with Gasteiger partial charge >= 0.3 is 0 Å². The van der Waals surface area contributed by atoms with Crippen molar-refractivity contribution in [2.75, 3.05) is 0 Å². The Hall–Kier alpha value is -1.23. The Bertz CT molecular complexity index is 601. The summed E-state index contributed by atoms with van der Waals surface area (Å²) >= 11 is 2.84. The maximum Gasteiger partial charge on any atom is 0.199 e. The normalized spacial score (nSPS) is 14.9. The van der Waals surface area contributed by atoms with Crippen molar-refractivity contribution in [3.8, 4) is 0 Å². The Balaban J connectivity index is 1.98. The van der Waals surface area contributed by atoms with Gasteiger partial charge in [0.25, 0.3) is 0 Å². The zero-order valence-corrected chi connectivity index (χ0v) is 15.0. The van der Waals surface area contributed by atoms with Gasteiger partial charge in [-0.3, -0.25) is 4.79 Å². The van der Waals surface area contributed by atoms with Crippen molar-refractivity contribution in [2.45, 2.75) is 41.4 Å². The van der Waals surface area contributed by atoms with Gasteiger partial charge in [-0.2, -0.15) is 0 Å². The number of hydrogen-bond donors (Lipinski definition) is 1. The number of hydrogen-bond acceptors (Lipinski definition) is 4. The van der Waals surface area contributed by atoms with Crippen LogP contribution in [-0.4, -0.2) is 21.6 Å². The highest BCUT2D eigenvalue weighted by atomic mass is 32.2. The minimum absolute atomic E-state index is 0.00715. The number of carbonyl (C=O) groups excluding carboxylic acids is 1. The molecule has 0 heterocycles. The van der Waals surface area contributed by atoms with Crippen LogP contribution in [0.15, 0.2) is 70.5 Å². The smallest absolute Gasteiger partial charge is 0.199 e. The van der Waals surface area contributed by atoms with Crippen molar-refractivity contribution in [1.29, 1.82) is 0 Å². The number of aliphatic hydroxyl groups excluding tert-OH is 1. The van der Waals surface area contributed by atoms with Crippen molar-refractivity contribution in [3.05, 3.63) is 60.7 Å². The fourth-order valence-corrected chi connectivity index (χ4v) is 4.28. The molecule has 0 aromatic heterocycles. The van der Waals surface area contributed by atoms with Crippen molar-refractivity contribution < 1.29 is 9.90 Å². The van der Waals surface area contributed by atoms with Gasteiger partial charge in [-0.1, -0.05) is 62.0 Å². The van der Waals surface area contributed by atoms with E-state index in [2.05, 4.69) is 0 Å². The topological polar surface area (TPSA) is 37.3 Å². The predicted molar refractivity (Wildman–Crippen MR) is 98.9 cm³/mol. The van der Waals surface area contributed by atoms with Crippen LogP contribution >= 0.6 is 23.5 Å². The first-order valence-electron chi connectivity index (χ1n) is 7.78. The second-order valence-electron chi connectivity index (χ2n) is 5.39. The summed E-state index contributed by atoms with van der Waals surface area (Å²) in [6.45, 7) is 3.86. The quantitative estimate of drug-likeness (QED) is 0.726. The summed E-state index contributed by atoms with van der Waals surface area (Å²) in [5.74, 6) is -0.402. The second kappa shape index (κ2) is 9.16. The van der Waals surface area contributed by atoms with Crippen LogP contribution in [0.3, 0.4) is 0 Å². The van der Waals surface area contributed by atoms with Crippen LogP contribution < -0.4 is 0 Å². The van der Waals surface area contributed by atoms with E-state index in [1.54, 1.807) is 11.8 Å². The average Bonchev–Trinajstić information content (AvgIpc) is 2.60. The number of rotatable bonds is 7. The van der Waals surface area contributed by atoms with Crippen LogP contribution in [0.1, 0.15) is 20.3 Å². The molecule has 0 saturated heterocycles. The van der Waals surface area contributed by atoms with E-state index in [0.29, 0.717) is 0 Å². The molecule has 0 spiro atoms. The average molecular weight is 347 g/mol. The fourth-order valence-electron chi connectivity index (χ4n) is 2.23. The summed E-state index contributed by atoms with van der Waals surface area (Å²) in [7, 11) is 0. The monoisotopic (exact) mass is 346 g/mol. The first-order chi connectivity index (χ1) is 11.1. The largest absolute Gasteiger partial charge is 0.391 e. The molecule has 2 rings (SSSR count). The molecule has 0 saturated carbocycles. The lowest BCUT2D eigenvalue weighted by atomic mass is 10.0. The van der Waals surface area contributed by atoms with E-state index in [-0.39, 0.29) is 10.4 Å². The van der Waals surface area contributed by atoms with Gasteiger partial charge < -0.3 is 5.11 Å². The SMILES string of the molecule is CC[C@@H](Sc1ccccc1)[C@@H](O)[C@H](C)C(=O)Sc1ccccc1. The third-order valence-electron chi connectivity index (χ3n) is 3.66. The molecule has 0 aliphatic carbocycles. The van der Waals surface area contributed by atoms with Gasteiger partial charge in [-0.05, 0) is 30.7 Å². The lowest BCUT2D eigenvalue weighted by Crippen LogP contribution is -2.33. The van der Waals surface area contributed by atoms with Gasteiger partial charge in [-0.15, -0.1) is 11.8 Å². The van der Waals surface area contributed by atoms with Crippen LogP contribution in [0.2, 0.25) is 0 Å². The van der Waals surface area contributed by atoms with E-state index >= 15 is 0 Å². The molecule has 2 aromatic carbocycles. The molecular formula is C19H22O2S2. The summed E-state index contributed by atoms with van der Waals surface area (Å²) < 4.78 is 0. The molecule has 122 valence electrons. The zero-order valence-electron chi connectivity index (χ0n) is 13.4. The molecule has 0 fully saturated rings. The maximum atomic E-state index is 12.4. The Morgan fingerprint density at radius 3 is 2.04 bits per heavy atom. The molecule has 0 amide bonds. The van der Waals surface area contributed by atoms with Crippen molar-refractivity contribution in [3.63, 3.8) is 0 Å². The first kappa shape index (κ1) is 18.1. The first-order valence-corrected chi connectivity index (χ1v) is 9.48. The molecule has 4 heteroatoms. The van der Waals surface area contributed by atoms with Gasteiger partial charge in [0.05, 0.1) is 12.0 Å². The highest BCUT2D eigenvalue weighted by Gasteiger charge is 2.29. The molecule has 2 nitrogen and oxygen atoms in total. The molecule has 2 aromatic rings. The number of carbonyl (C=O) groups is 1. The minimum Gasteiger partial charge on any atom is -0.391 e. The van der Waals surface area contributed by atoms with Crippen LogP contribution in [-0.2, 0) is 4.79 Å². The lowest BCUT2D eigenvalue weighted by Gasteiger charge is -2.25. The highest BCUT2D eigenvalue weighted by Crippen LogP contribution is 2.32. The second-order valence-corrected chi connectivity index (χ2v) is 7.78. The van der Waals surface area contributed by atoms with Gasteiger partial charge in [0, 0.05) is 15.0 Å². The Morgan fingerprint density at radius 1 is 1.00 bits per heavy atom. The molecule has 3 atom stereocenters. The lowest BCUT2D eigenvalue weighted by molar-refractivity contribution is -0.116. The van der Waals surface area contributed by atoms with E-state index in [0.717, 1.165) is 16.2 Å². The molecule has 0 bridgehead atoms. The molecule has 1 N–H and O–H groups in total. The predicted octanol–water partition coefficient (Wildman–Crippen LogP) is 4.87. The maximum absolute atomic E-state index is 12.4. The third kappa shape index (κ3) is 5.41. The molecule has 0 unspecified atom stereocenters. The van der Waals surface area contributed by atoms with Crippen molar-refractivity contribution in [2.24, 2.45) is 5.92 Å². The molecule has 23 heavy (non-hydrogen) atoms. The van der Waals surface area contributed by atoms with E-state index in [1.165, 1.54) is 11.8 Å². The summed E-state index contributed by atoms with van der Waals surface area (Å²) in [6, 6.07) is 19.6.